The second-order valence-corrected chi connectivity index (χ2v) is 3.96. The Bertz CT molecular complexity index is 617. The van der Waals surface area contributed by atoms with Gasteiger partial charge in [0, 0.05) is 12.1 Å². The summed E-state index contributed by atoms with van der Waals surface area (Å²) in [6.45, 7) is 1.73. The SMILES string of the molecule is COc1cc(F)c(Nc2ccc(N)c(C)n2)cc1F. The molecule has 0 unspecified atom stereocenters. The number of nitrogens with two attached hydrogens (primary N) is 1. The average molecular weight is 265 g/mol. The van der Waals surface area contributed by atoms with Crippen molar-refractivity contribution in [2.75, 3.05) is 18.2 Å². The number of halogens is 2. The molecule has 0 aliphatic heterocycles. The van der Waals surface area contributed by atoms with E-state index in [0.717, 1.165) is 12.1 Å². The minimum Gasteiger partial charge on any atom is -0.494 e. The Morgan fingerprint density at radius 3 is 2.58 bits per heavy atom. The lowest BCUT2D eigenvalue weighted by Crippen LogP contribution is -2.01. The smallest absolute Gasteiger partial charge is 0.167 e. The molecule has 0 aliphatic carbocycles. The van der Waals surface area contributed by atoms with Gasteiger partial charge >= 0.3 is 0 Å². The highest BCUT2D eigenvalue weighted by Gasteiger charge is 2.11. The summed E-state index contributed by atoms with van der Waals surface area (Å²) in [7, 11) is 1.27. The normalized spacial score (nSPS) is 10.3. The van der Waals surface area contributed by atoms with Gasteiger partial charge in [-0.2, -0.15) is 0 Å². The first-order chi connectivity index (χ1) is 9.01. The van der Waals surface area contributed by atoms with Crippen molar-refractivity contribution in [2.45, 2.75) is 6.92 Å². The van der Waals surface area contributed by atoms with Gasteiger partial charge in [-0.3, -0.25) is 0 Å². The summed E-state index contributed by atoms with van der Waals surface area (Å²) in [4.78, 5) is 4.12. The monoisotopic (exact) mass is 265 g/mol. The third kappa shape index (κ3) is 2.73. The fourth-order valence-corrected chi connectivity index (χ4v) is 1.56. The highest BCUT2D eigenvalue weighted by Crippen LogP contribution is 2.27. The lowest BCUT2D eigenvalue weighted by Gasteiger charge is -2.10. The molecule has 0 spiro atoms. The molecule has 100 valence electrons. The zero-order chi connectivity index (χ0) is 14.0. The number of nitrogen functional groups attached to an aromatic ring is 1. The van der Waals surface area contributed by atoms with Gasteiger partial charge in [-0.05, 0) is 19.1 Å². The van der Waals surface area contributed by atoms with Gasteiger partial charge in [0.15, 0.2) is 17.4 Å². The number of ether oxygens (including phenoxy) is 1. The third-order valence-electron chi connectivity index (χ3n) is 2.63. The van der Waals surface area contributed by atoms with Crippen LogP contribution in [0.4, 0.5) is 26.0 Å². The van der Waals surface area contributed by atoms with Gasteiger partial charge < -0.3 is 15.8 Å². The predicted molar refractivity (Wildman–Crippen MR) is 69.6 cm³/mol. The van der Waals surface area contributed by atoms with E-state index in [4.69, 9.17) is 10.5 Å². The molecule has 3 N–H and O–H groups in total. The molecule has 1 aromatic heterocycles. The van der Waals surface area contributed by atoms with Crippen molar-refractivity contribution >= 4 is 17.2 Å². The number of methoxy groups -OCH3 is 1. The van der Waals surface area contributed by atoms with E-state index in [0.29, 0.717) is 17.2 Å². The van der Waals surface area contributed by atoms with Gasteiger partial charge in [0.05, 0.1) is 24.2 Å². The molecule has 19 heavy (non-hydrogen) atoms. The number of rotatable bonds is 3. The maximum atomic E-state index is 13.7. The van der Waals surface area contributed by atoms with E-state index in [2.05, 4.69) is 10.3 Å². The molecule has 1 heterocycles. The van der Waals surface area contributed by atoms with E-state index in [-0.39, 0.29) is 11.4 Å². The summed E-state index contributed by atoms with van der Waals surface area (Å²) in [5.41, 5.74) is 6.76. The van der Waals surface area contributed by atoms with E-state index in [1.165, 1.54) is 7.11 Å². The summed E-state index contributed by atoms with van der Waals surface area (Å²) >= 11 is 0. The Kier molecular flexibility index (Phi) is 3.50. The summed E-state index contributed by atoms with van der Waals surface area (Å²) in [6.07, 6.45) is 0. The first-order valence-electron chi connectivity index (χ1n) is 5.54. The van der Waals surface area contributed by atoms with Crippen LogP contribution in [0.25, 0.3) is 0 Å². The van der Waals surface area contributed by atoms with E-state index in [1.54, 1.807) is 19.1 Å². The molecule has 0 amide bonds. The topological polar surface area (TPSA) is 60.2 Å². The zero-order valence-corrected chi connectivity index (χ0v) is 10.5. The molecule has 0 saturated carbocycles. The molecule has 6 heteroatoms. The largest absolute Gasteiger partial charge is 0.494 e. The first kappa shape index (κ1) is 13.1. The Morgan fingerprint density at radius 1 is 1.21 bits per heavy atom. The van der Waals surface area contributed by atoms with E-state index >= 15 is 0 Å². The molecule has 1 aromatic carbocycles. The molecule has 0 aliphatic rings. The van der Waals surface area contributed by atoms with Crippen LogP contribution < -0.4 is 15.8 Å². The number of benzene rings is 1. The fourth-order valence-electron chi connectivity index (χ4n) is 1.56. The quantitative estimate of drug-likeness (QED) is 0.895. The minimum atomic E-state index is -0.654. The van der Waals surface area contributed by atoms with Crippen LogP contribution in [-0.4, -0.2) is 12.1 Å². The molecule has 0 saturated heterocycles. The van der Waals surface area contributed by atoms with E-state index in [9.17, 15) is 8.78 Å². The molecule has 2 aromatic rings. The molecular weight excluding hydrogens is 252 g/mol. The lowest BCUT2D eigenvalue weighted by atomic mass is 10.2. The van der Waals surface area contributed by atoms with Crippen molar-refractivity contribution in [1.82, 2.24) is 4.98 Å². The number of hydrogen-bond acceptors (Lipinski definition) is 4. The fraction of sp³-hybridized carbons (Fsp3) is 0.154. The summed E-state index contributed by atoms with van der Waals surface area (Å²) in [5, 5.41) is 2.70. The molecule has 0 fully saturated rings. The van der Waals surface area contributed by atoms with Crippen molar-refractivity contribution in [2.24, 2.45) is 0 Å². The van der Waals surface area contributed by atoms with Crippen molar-refractivity contribution in [3.05, 3.63) is 41.6 Å². The highest BCUT2D eigenvalue weighted by atomic mass is 19.1. The predicted octanol–water partition coefficient (Wildman–Crippen LogP) is 3.00. The number of aromatic nitrogens is 1. The van der Waals surface area contributed by atoms with Crippen LogP contribution in [0.3, 0.4) is 0 Å². The Morgan fingerprint density at radius 2 is 1.95 bits per heavy atom. The number of pyridine rings is 1. The van der Waals surface area contributed by atoms with Crippen LogP contribution in [0.1, 0.15) is 5.69 Å². The summed E-state index contributed by atoms with van der Waals surface area (Å²) in [6, 6.07) is 5.22. The van der Waals surface area contributed by atoms with Gasteiger partial charge in [-0.1, -0.05) is 0 Å². The third-order valence-corrected chi connectivity index (χ3v) is 2.63. The number of nitrogens with one attached hydrogen (secondary N) is 1. The van der Waals surface area contributed by atoms with Crippen LogP contribution in [0.2, 0.25) is 0 Å². The summed E-state index contributed by atoms with van der Waals surface area (Å²) < 4.78 is 31.9. The minimum absolute atomic E-state index is 0.0185. The zero-order valence-electron chi connectivity index (χ0n) is 10.5. The van der Waals surface area contributed by atoms with Gasteiger partial charge in [-0.25, -0.2) is 13.8 Å². The average Bonchev–Trinajstić information content (AvgIpc) is 2.38. The molecule has 0 radical (unpaired) electrons. The van der Waals surface area contributed by atoms with Gasteiger partial charge in [-0.15, -0.1) is 0 Å². The second kappa shape index (κ2) is 5.09. The number of anilines is 3. The van der Waals surface area contributed by atoms with E-state index in [1.807, 2.05) is 0 Å². The summed E-state index contributed by atoms with van der Waals surface area (Å²) in [5.74, 6) is -1.05. The second-order valence-electron chi connectivity index (χ2n) is 3.96. The number of nitrogens with zero attached hydrogens (tertiary/aromatic N) is 1. The van der Waals surface area contributed by atoms with Crippen molar-refractivity contribution in [3.8, 4) is 5.75 Å². The Hall–Kier alpha value is -2.37. The Balaban J connectivity index is 2.32. The highest BCUT2D eigenvalue weighted by molar-refractivity contribution is 5.60. The Labute approximate surface area is 109 Å². The van der Waals surface area contributed by atoms with Gasteiger partial charge in [0.25, 0.3) is 0 Å². The maximum Gasteiger partial charge on any atom is 0.167 e. The lowest BCUT2D eigenvalue weighted by molar-refractivity contribution is 0.383. The maximum absolute atomic E-state index is 13.7. The number of hydrogen-bond donors (Lipinski definition) is 2. The number of aryl methyl sites for hydroxylation is 1. The molecule has 0 atom stereocenters. The molecule has 4 nitrogen and oxygen atoms in total. The van der Waals surface area contributed by atoms with Crippen LogP contribution >= 0.6 is 0 Å². The molecular formula is C13H13F2N3O. The van der Waals surface area contributed by atoms with Crippen LogP contribution in [0.5, 0.6) is 5.75 Å². The first-order valence-corrected chi connectivity index (χ1v) is 5.54. The van der Waals surface area contributed by atoms with Gasteiger partial charge in [0.2, 0.25) is 0 Å². The van der Waals surface area contributed by atoms with Crippen LogP contribution in [0, 0.1) is 18.6 Å². The van der Waals surface area contributed by atoms with Crippen molar-refractivity contribution < 1.29 is 13.5 Å². The van der Waals surface area contributed by atoms with Crippen molar-refractivity contribution in [1.29, 1.82) is 0 Å². The molecule has 2 rings (SSSR count). The van der Waals surface area contributed by atoms with E-state index < -0.39 is 11.6 Å². The molecule has 0 bridgehead atoms. The van der Waals surface area contributed by atoms with Crippen LogP contribution in [-0.2, 0) is 0 Å². The van der Waals surface area contributed by atoms with Gasteiger partial charge in [0.1, 0.15) is 5.82 Å². The van der Waals surface area contributed by atoms with Crippen LogP contribution in [0.15, 0.2) is 24.3 Å². The van der Waals surface area contributed by atoms with Crippen molar-refractivity contribution in [3.63, 3.8) is 0 Å². The standard InChI is InChI=1S/C13H13F2N3O/c1-7-10(16)3-4-13(17-7)18-11-5-9(15)12(19-2)6-8(11)14/h3-6H,16H2,1-2H3,(H,17,18).